The lowest BCUT2D eigenvalue weighted by atomic mass is 9.90. The first kappa shape index (κ1) is 40.1. The predicted octanol–water partition coefficient (Wildman–Crippen LogP) is 8.37. The summed E-state index contributed by atoms with van der Waals surface area (Å²) in [7, 11) is 1.89. The quantitative estimate of drug-likeness (QED) is 0.0537. The maximum absolute atomic E-state index is 15.0. The van der Waals surface area contributed by atoms with E-state index in [1.807, 2.05) is 47.0 Å². The number of ether oxygens (including phenoxy) is 2. The van der Waals surface area contributed by atoms with Crippen LogP contribution in [0.1, 0.15) is 88.3 Å². The number of aromatic nitrogens is 4. The number of carbonyl (C=O) groups excluding carboxylic acids is 2. The van der Waals surface area contributed by atoms with E-state index in [1.54, 1.807) is 6.20 Å². The van der Waals surface area contributed by atoms with E-state index in [0.717, 1.165) is 81.9 Å². The Labute approximate surface area is 326 Å². The average molecular weight is 771 g/mol. The summed E-state index contributed by atoms with van der Waals surface area (Å²) in [6, 6.07) is 15.1. The van der Waals surface area contributed by atoms with Crippen molar-refractivity contribution >= 4 is 23.8 Å². The van der Waals surface area contributed by atoms with Crippen LogP contribution in [0.25, 0.3) is 11.3 Å². The van der Waals surface area contributed by atoms with Crippen LogP contribution in [0.3, 0.4) is 0 Å². The molecular weight excluding hydrogens is 719 g/mol. The molecule has 56 heavy (non-hydrogen) atoms. The average Bonchev–Trinajstić information content (AvgIpc) is 3.96. The van der Waals surface area contributed by atoms with Crippen LogP contribution >= 0.6 is 0 Å². The highest BCUT2D eigenvalue weighted by Gasteiger charge is 2.31. The first-order valence-corrected chi connectivity index (χ1v) is 19.7. The molecule has 0 aliphatic heterocycles. The van der Waals surface area contributed by atoms with Gasteiger partial charge in [0.1, 0.15) is 18.1 Å². The van der Waals surface area contributed by atoms with Gasteiger partial charge in [-0.1, -0.05) is 56.0 Å². The smallest absolute Gasteiger partial charge is 0.412 e. The minimum absolute atomic E-state index is 0.0400. The lowest BCUT2D eigenvalue weighted by Crippen LogP contribution is -2.44. The Morgan fingerprint density at radius 2 is 1.66 bits per heavy atom. The SMILES string of the molecule is Cn1ncc(-c2nc(NC3CCC(N(CCCCCCCCNC(=O)Oc4ccc([N+](=O)[O-])cc4)C(=O)OCc4ccccc4)CC3)ncc2F)c1CC1CC1. The van der Waals surface area contributed by atoms with Crippen LogP contribution in [-0.2, 0) is 24.8 Å². The Morgan fingerprint density at radius 3 is 2.38 bits per heavy atom. The Bertz CT molecular complexity index is 1900. The van der Waals surface area contributed by atoms with Gasteiger partial charge in [0.05, 0.1) is 17.3 Å². The molecule has 2 N–H and O–H groups in total. The van der Waals surface area contributed by atoms with Gasteiger partial charge in [-0.2, -0.15) is 5.10 Å². The van der Waals surface area contributed by atoms with Crippen LogP contribution in [-0.4, -0.2) is 66.9 Å². The van der Waals surface area contributed by atoms with Gasteiger partial charge in [-0.3, -0.25) is 14.8 Å². The minimum Gasteiger partial charge on any atom is -0.445 e. The van der Waals surface area contributed by atoms with Gasteiger partial charge in [0.15, 0.2) is 5.82 Å². The number of halogens is 1. The van der Waals surface area contributed by atoms with E-state index in [2.05, 4.69) is 25.7 Å². The molecule has 0 saturated heterocycles. The maximum Gasteiger partial charge on any atom is 0.412 e. The largest absolute Gasteiger partial charge is 0.445 e. The monoisotopic (exact) mass is 770 g/mol. The second kappa shape index (κ2) is 19.8. The molecule has 2 aliphatic carbocycles. The number of non-ortho nitro benzene ring substituents is 1. The molecule has 2 fully saturated rings. The minimum atomic E-state index is -0.598. The van der Waals surface area contributed by atoms with Crippen molar-refractivity contribution in [2.75, 3.05) is 18.4 Å². The fourth-order valence-corrected chi connectivity index (χ4v) is 7.15. The first-order chi connectivity index (χ1) is 27.2. The van der Waals surface area contributed by atoms with E-state index in [-0.39, 0.29) is 41.9 Å². The number of rotatable bonds is 19. The number of hydrogen-bond acceptors (Lipinski definition) is 10. The van der Waals surface area contributed by atoms with E-state index >= 15 is 4.39 Å². The fraction of sp³-hybridized carbons (Fsp3) is 0.488. The molecule has 0 unspecified atom stereocenters. The summed E-state index contributed by atoms with van der Waals surface area (Å²) in [4.78, 5) is 46.6. The molecule has 2 aliphatic rings. The predicted molar refractivity (Wildman–Crippen MR) is 208 cm³/mol. The zero-order valence-corrected chi connectivity index (χ0v) is 31.9. The summed E-state index contributed by atoms with van der Waals surface area (Å²) >= 11 is 0. The maximum atomic E-state index is 15.0. The normalized spacial score (nSPS) is 16.5. The lowest BCUT2D eigenvalue weighted by molar-refractivity contribution is -0.384. The Balaban J connectivity index is 0.938. The number of nitrogens with zero attached hydrogens (tertiary/aromatic N) is 6. The third-order valence-corrected chi connectivity index (χ3v) is 10.5. The molecule has 14 nitrogen and oxygen atoms in total. The Morgan fingerprint density at radius 1 is 0.946 bits per heavy atom. The van der Waals surface area contributed by atoms with Crippen LogP contribution in [0.5, 0.6) is 5.75 Å². The van der Waals surface area contributed by atoms with Gasteiger partial charge in [0.25, 0.3) is 5.69 Å². The van der Waals surface area contributed by atoms with E-state index in [4.69, 9.17) is 9.47 Å². The van der Waals surface area contributed by atoms with E-state index < -0.39 is 16.8 Å². The number of carbonyl (C=O) groups is 2. The molecule has 2 aromatic carbocycles. The molecule has 0 spiro atoms. The number of amides is 2. The first-order valence-electron chi connectivity index (χ1n) is 19.7. The molecule has 6 rings (SSSR count). The molecular formula is C41H51FN8O6. The van der Waals surface area contributed by atoms with Crippen LogP contribution in [0.4, 0.5) is 25.6 Å². The highest BCUT2D eigenvalue weighted by atomic mass is 19.1. The number of nitrogens with one attached hydrogen (secondary N) is 2. The van der Waals surface area contributed by atoms with E-state index in [9.17, 15) is 19.7 Å². The van der Waals surface area contributed by atoms with Crippen molar-refractivity contribution < 1.29 is 28.4 Å². The van der Waals surface area contributed by atoms with Crippen LogP contribution in [0.2, 0.25) is 0 Å². The second-order valence-electron chi connectivity index (χ2n) is 14.7. The number of unbranched alkanes of at least 4 members (excludes halogenated alkanes) is 5. The molecule has 4 aromatic rings. The summed E-state index contributed by atoms with van der Waals surface area (Å²) < 4.78 is 27.8. The number of benzene rings is 2. The zero-order valence-electron chi connectivity index (χ0n) is 31.9. The number of nitro groups is 1. The molecule has 2 aromatic heterocycles. The van der Waals surface area contributed by atoms with Gasteiger partial charge in [-0.05, 0) is 81.4 Å². The van der Waals surface area contributed by atoms with Gasteiger partial charge < -0.3 is 25.0 Å². The zero-order chi connectivity index (χ0) is 39.3. The highest BCUT2D eigenvalue weighted by molar-refractivity contribution is 5.70. The summed E-state index contributed by atoms with van der Waals surface area (Å²) in [5.41, 5.74) is 2.84. The summed E-state index contributed by atoms with van der Waals surface area (Å²) in [5.74, 6) is 0.787. The van der Waals surface area contributed by atoms with Crippen molar-refractivity contribution in [2.24, 2.45) is 13.0 Å². The van der Waals surface area contributed by atoms with Crippen LogP contribution in [0, 0.1) is 21.8 Å². The topological polar surface area (TPSA) is 167 Å². The molecule has 2 saturated carbocycles. The third kappa shape index (κ3) is 11.7. The van der Waals surface area contributed by atoms with Gasteiger partial charge >= 0.3 is 12.2 Å². The van der Waals surface area contributed by atoms with Crippen LogP contribution in [0.15, 0.2) is 67.0 Å². The van der Waals surface area contributed by atoms with Gasteiger partial charge in [-0.25, -0.2) is 23.9 Å². The van der Waals surface area contributed by atoms with Crippen LogP contribution < -0.4 is 15.4 Å². The highest BCUT2D eigenvalue weighted by Crippen LogP contribution is 2.36. The van der Waals surface area contributed by atoms with Crippen molar-refractivity contribution in [3.8, 4) is 17.0 Å². The number of aryl methyl sites for hydroxylation is 1. The van der Waals surface area contributed by atoms with Gasteiger partial charge in [0.2, 0.25) is 5.95 Å². The standard InChI is InChI=1S/C41H51FN8O6/c1-48-37(25-29-13-14-29)35(26-45-48)38-36(42)27-44-39(47-38)46-31-15-17-32(18-16-31)49(41(52)55-28-30-11-7-6-8-12-30)24-10-5-3-2-4-9-23-43-40(51)56-34-21-19-33(20-22-34)50(53)54/h6-8,11-12,19-22,26-27,29,31-32H,2-5,9-10,13-18,23-25,28H2,1H3,(H,43,51)(H,44,46,47). The van der Waals surface area contributed by atoms with E-state index in [1.165, 1.54) is 43.3 Å². The van der Waals surface area contributed by atoms with Crippen molar-refractivity contribution in [1.29, 1.82) is 0 Å². The molecule has 2 heterocycles. The number of anilines is 1. The summed E-state index contributed by atoms with van der Waals surface area (Å²) in [6.07, 6.45) is 14.0. The molecule has 0 radical (unpaired) electrons. The molecule has 15 heteroatoms. The van der Waals surface area contributed by atoms with Crippen molar-refractivity contribution in [3.63, 3.8) is 0 Å². The lowest BCUT2D eigenvalue weighted by Gasteiger charge is -2.36. The summed E-state index contributed by atoms with van der Waals surface area (Å²) in [6.45, 7) is 1.28. The molecule has 0 bridgehead atoms. The third-order valence-electron chi connectivity index (χ3n) is 10.5. The number of nitro benzene ring substituents is 1. The van der Waals surface area contributed by atoms with Crippen molar-refractivity contribution in [3.05, 3.63) is 94.2 Å². The second-order valence-corrected chi connectivity index (χ2v) is 14.7. The number of hydrogen-bond donors (Lipinski definition) is 2. The Hall–Kier alpha value is -5.60. The molecule has 0 atom stereocenters. The fourth-order valence-electron chi connectivity index (χ4n) is 7.15. The van der Waals surface area contributed by atoms with E-state index in [0.29, 0.717) is 30.5 Å². The molecule has 298 valence electrons. The van der Waals surface area contributed by atoms with Gasteiger partial charge in [-0.15, -0.1) is 0 Å². The van der Waals surface area contributed by atoms with Crippen molar-refractivity contribution in [2.45, 2.75) is 102 Å². The van der Waals surface area contributed by atoms with Crippen molar-refractivity contribution in [1.82, 2.24) is 30.0 Å². The van der Waals surface area contributed by atoms with Gasteiger partial charge in [0, 0.05) is 55.6 Å². The molecule has 2 amide bonds. The Kier molecular flexibility index (Phi) is 14.2. The summed E-state index contributed by atoms with van der Waals surface area (Å²) in [5, 5.41) is 21.3.